The monoisotopic (exact) mass is 249 g/mol. The van der Waals surface area contributed by atoms with Crippen molar-refractivity contribution in [2.24, 2.45) is 5.92 Å². The maximum atomic E-state index is 8.99. The van der Waals surface area contributed by atoms with Gasteiger partial charge in [0.05, 0.1) is 5.69 Å². The standard InChI is InChI=1S/C13H19N3S/c1-10-12(9-14)13(17-16-10)15-8-4-7-11-5-2-3-6-11/h11,15H,2-8H2,1H3. The van der Waals surface area contributed by atoms with Crippen LogP contribution >= 0.6 is 11.5 Å². The molecule has 3 nitrogen and oxygen atoms in total. The van der Waals surface area contributed by atoms with Crippen molar-refractivity contribution in [3.05, 3.63) is 11.3 Å². The Bertz CT molecular complexity index is 399. The summed E-state index contributed by atoms with van der Waals surface area (Å²) in [5.74, 6) is 0.954. The molecule has 0 unspecified atom stereocenters. The highest BCUT2D eigenvalue weighted by atomic mass is 32.1. The third-order valence-electron chi connectivity index (χ3n) is 3.52. The van der Waals surface area contributed by atoms with Crippen molar-refractivity contribution in [3.63, 3.8) is 0 Å². The minimum absolute atomic E-state index is 0.718. The zero-order chi connectivity index (χ0) is 12.1. The zero-order valence-electron chi connectivity index (χ0n) is 10.3. The maximum absolute atomic E-state index is 8.99. The van der Waals surface area contributed by atoms with Crippen molar-refractivity contribution in [3.8, 4) is 6.07 Å². The topological polar surface area (TPSA) is 48.7 Å². The lowest BCUT2D eigenvalue weighted by Gasteiger charge is -2.08. The van der Waals surface area contributed by atoms with E-state index in [9.17, 15) is 0 Å². The van der Waals surface area contributed by atoms with Gasteiger partial charge in [0.1, 0.15) is 16.6 Å². The van der Waals surface area contributed by atoms with Gasteiger partial charge >= 0.3 is 0 Å². The summed E-state index contributed by atoms with van der Waals surface area (Å²) in [5, 5.41) is 13.3. The number of nitrogens with zero attached hydrogens (tertiary/aromatic N) is 2. The average molecular weight is 249 g/mol. The normalized spacial score (nSPS) is 16.0. The average Bonchev–Trinajstić information content (AvgIpc) is 2.94. The van der Waals surface area contributed by atoms with Crippen molar-refractivity contribution < 1.29 is 0 Å². The van der Waals surface area contributed by atoms with Crippen molar-refractivity contribution in [1.82, 2.24) is 4.37 Å². The summed E-state index contributed by atoms with van der Waals surface area (Å²) < 4.78 is 4.20. The van der Waals surface area contributed by atoms with Crippen molar-refractivity contribution in [2.75, 3.05) is 11.9 Å². The highest BCUT2D eigenvalue weighted by molar-refractivity contribution is 7.10. The first-order valence-corrected chi connectivity index (χ1v) is 7.19. The second-order valence-electron chi connectivity index (χ2n) is 4.80. The molecule has 2 rings (SSSR count). The molecule has 1 aromatic heterocycles. The molecule has 1 N–H and O–H groups in total. The Hall–Kier alpha value is -1.08. The van der Waals surface area contributed by atoms with E-state index >= 15 is 0 Å². The Kier molecular flexibility index (Phi) is 4.38. The molecule has 1 aliphatic rings. The number of nitriles is 1. The fourth-order valence-electron chi connectivity index (χ4n) is 2.51. The number of aromatic nitrogens is 1. The molecule has 1 heterocycles. The Morgan fingerprint density at radius 3 is 2.94 bits per heavy atom. The van der Waals surface area contributed by atoms with Crippen LogP contribution in [-0.2, 0) is 0 Å². The van der Waals surface area contributed by atoms with Crippen LogP contribution in [0.4, 0.5) is 5.00 Å². The Morgan fingerprint density at radius 2 is 2.24 bits per heavy atom. The molecule has 0 radical (unpaired) electrons. The first-order chi connectivity index (χ1) is 8.31. The molecular formula is C13H19N3S. The number of aryl methyl sites for hydroxylation is 1. The SMILES string of the molecule is Cc1nsc(NCCCC2CCCC2)c1C#N. The van der Waals surface area contributed by atoms with E-state index in [2.05, 4.69) is 15.8 Å². The van der Waals surface area contributed by atoms with Crippen molar-refractivity contribution >= 4 is 16.5 Å². The van der Waals surface area contributed by atoms with E-state index < -0.39 is 0 Å². The molecule has 0 aromatic carbocycles. The van der Waals surface area contributed by atoms with E-state index in [0.717, 1.165) is 28.7 Å². The molecule has 17 heavy (non-hydrogen) atoms. The summed E-state index contributed by atoms with van der Waals surface area (Å²) in [6.45, 7) is 2.85. The van der Waals surface area contributed by atoms with E-state index in [-0.39, 0.29) is 0 Å². The number of hydrogen-bond donors (Lipinski definition) is 1. The minimum Gasteiger partial charge on any atom is -0.375 e. The Morgan fingerprint density at radius 1 is 1.47 bits per heavy atom. The van der Waals surface area contributed by atoms with Crippen molar-refractivity contribution in [2.45, 2.75) is 45.4 Å². The number of rotatable bonds is 5. The highest BCUT2D eigenvalue weighted by Gasteiger charge is 2.14. The summed E-state index contributed by atoms with van der Waals surface area (Å²) in [6.07, 6.45) is 8.21. The van der Waals surface area contributed by atoms with Crippen molar-refractivity contribution in [1.29, 1.82) is 5.26 Å². The van der Waals surface area contributed by atoms with Gasteiger partial charge in [-0.3, -0.25) is 0 Å². The highest BCUT2D eigenvalue weighted by Crippen LogP contribution is 2.29. The van der Waals surface area contributed by atoms with Crippen LogP contribution in [0.1, 0.15) is 49.8 Å². The molecule has 0 saturated heterocycles. The molecule has 1 aliphatic carbocycles. The maximum Gasteiger partial charge on any atom is 0.127 e. The van der Waals surface area contributed by atoms with Gasteiger partial charge < -0.3 is 5.32 Å². The Labute approximate surface area is 107 Å². The molecular weight excluding hydrogens is 230 g/mol. The molecule has 1 saturated carbocycles. The second-order valence-corrected chi connectivity index (χ2v) is 5.58. The Balaban J connectivity index is 1.72. The summed E-state index contributed by atoms with van der Waals surface area (Å²) in [6, 6.07) is 2.21. The smallest absolute Gasteiger partial charge is 0.127 e. The molecule has 0 spiro atoms. The van der Waals surface area contributed by atoms with Gasteiger partial charge in [-0.1, -0.05) is 25.7 Å². The first kappa shape index (κ1) is 12.4. The van der Waals surface area contributed by atoms with Crippen LogP contribution in [0.5, 0.6) is 0 Å². The van der Waals surface area contributed by atoms with Crippen LogP contribution in [0, 0.1) is 24.2 Å². The molecule has 92 valence electrons. The summed E-state index contributed by atoms with van der Waals surface area (Å²) in [7, 11) is 0. The summed E-state index contributed by atoms with van der Waals surface area (Å²) in [4.78, 5) is 0. The lowest BCUT2D eigenvalue weighted by Crippen LogP contribution is -2.04. The van der Waals surface area contributed by atoms with Gasteiger partial charge in [0.2, 0.25) is 0 Å². The molecule has 0 aliphatic heterocycles. The lowest BCUT2D eigenvalue weighted by atomic mass is 10.0. The van der Waals surface area contributed by atoms with Crippen LogP contribution in [0.2, 0.25) is 0 Å². The van der Waals surface area contributed by atoms with Gasteiger partial charge in [-0.15, -0.1) is 0 Å². The largest absolute Gasteiger partial charge is 0.375 e. The molecule has 0 bridgehead atoms. The van der Waals surface area contributed by atoms with Gasteiger partial charge in [0, 0.05) is 6.54 Å². The number of nitrogens with one attached hydrogen (secondary N) is 1. The lowest BCUT2D eigenvalue weighted by molar-refractivity contribution is 0.491. The van der Waals surface area contributed by atoms with E-state index in [1.165, 1.54) is 50.1 Å². The third kappa shape index (κ3) is 3.19. The fourth-order valence-corrected chi connectivity index (χ4v) is 3.28. The molecule has 0 atom stereocenters. The second kappa shape index (κ2) is 6.02. The van der Waals surface area contributed by atoms with Gasteiger partial charge in [-0.25, -0.2) is 0 Å². The first-order valence-electron chi connectivity index (χ1n) is 6.41. The van der Waals surface area contributed by atoms with Crippen LogP contribution < -0.4 is 5.32 Å². The summed E-state index contributed by atoms with van der Waals surface area (Å²) >= 11 is 1.40. The van der Waals surface area contributed by atoms with Gasteiger partial charge in [-0.05, 0) is 37.2 Å². The molecule has 1 aromatic rings. The summed E-state index contributed by atoms with van der Waals surface area (Å²) in [5.41, 5.74) is 1.56. The van der Waals surface area contributed by atoms with E-state index in [4.69, 9.17) is 5.26 Å². The van der Waals surface area contributed by atoms with Gasteiger partial charge in [0.15, 0.2) is 0 Å². The van der Waals surface area contributed by atoms with Crippen LogP contribution in [0.25, 0.3) is 0 Å². The predicted molar refractivity (Wildman–Crippen MR) is 71.2 cm³/mol. The van der Waals surface area contributed by atoms with Gasteiger partial charge in [0.25, 0.3) is 0 Å². The van der Waals surface area contributed by atoms with E-state index in [0.29, 0.717) is 0 Å². The molecule has 4 heteroatoms. The predicted octanol–water partition coefficient (Wildman–Crippen LogP) is 3.71. The fraction of sp³-hybridized carbons (Fsp3) is 0.692. The van der Waals surface area contributed by atoms with Crippen LogP contribution in [-0.4, -0.2) is 10.9 Å². The van der Waals surface area contributed by atoms with Gasteiger partial charge in [-0.2, -0.15) is 9.64 Å². The zero-order valence-corrected chi connectivity index (χ0v) is 11.1. The van der Waals surface area contributed by atoms with E-state index in [1.54, 1.807) is 0 Å². The quantitative estimate of drug-likeness (QED) is 0.809. The molecule has 1 fully saturated rings. The minimum atomic E-state index is 0.718. The molecule has 0 amide bonds. The number of anilines is 1. The van der Waals surface area contributed by atoms with E-state index in [1.807, 2.05) is 6.92 Å². The third-order valence-corrected chi connectivity index (χ3v) is 4.42. The van der Waals surface area contributed by atoms with Crippen LogP contribution in [0.15, 0.2) is 0 Å². The van der Waals surface area contributed by atoms with Crippen LogP contribution in [0.3, 0.4) is 0 Å². The number of hydrogen-bond acceptors (Lipinski definition) is 4.